The Hall–Kier alpha value is -1.68. The first-order valence-electron chi connectivity index (χ1n) is 5.24. The molecule has 0 saturated carbocycles. The van der Waals surface area contributed by atoms with Crippen molar-refractivity contribution in [3.05, 3.63) is 29.1 Å². The molecule has 90 valence electrons. The molecule has 0 aliphatic heterocycles. The zero-order valence-corrected chi connectivity index (χ0v) is 10.9. The number of nitrogen functional groups attached to an aromatic ring is 1. The van der Waals surface area contributed by atoms with E-state index in [0.717, 1.165) is 27.6 Å². The third kappa shape index (κ3) is 2.22. The van der Waals surface area contributed by atoms with Gasteiger partial charge in [0.1, 0.15) is 11.5 Å². The van der Waals surface area contributed by atoms with Crippen LogP contribution in [-0.2, 0) is 0 Å². The highest BCUT2D eigenvalue weighted by molar-refractivity contribution is 7.16. The van der Waals surface area contributed by atoms with Gasteiger partial charge in [-0.15, -0.1) is 11.3 Å². The van der Waals surface area contributed by atoms with Crippen molar-refractivity contribution < 1.29 is 9.47 Å². The largest absolute Gasteiger partial charge is 0.497 e. The van der Waals surface area contributed by atoms with Gasteiger partial charge in [0, 0.05) is 22.1 Å². The van der Waals surface area contributed by atoms with Gasteiger partial charge in [-0.05, 0) is 25.1 Å². The number of rotatable bonds is 3. The predicted molar refractivity (Wildman–Crippen MR) is 72.0 cm³/mol. The average Bonchev–Trinajstić information content (AvgIpc) is 2.67. The summed E-state index contributed by atoms with van der Waals surface area (Å²) in [5.74, 6) is 1.55. The smallest absolute Gasteiger partial charge is 0.130 e. The standard InChI is InChI=1S/C13H15NO2S/c1-8-6-11(13(14)17-8)10-5-4-9(15-2)7-12(10)16-3/h4-7H,14H2,1-3H3. The van der Waals surface area contributed by atoms with E-state index < -0.39 is 0 Å². The van der Waals surface area contributed by atoms with Crippen LogP contribution in [0.2, 0.25) is 0 Å². The van der Waals surface area contributed by atoms with Gasteiger partial charge in [-0.3, -0.25) is 0 Å². The maximum Gasteiger partial charge on any atom is 0.130 e. The number of methoxy groups -OCH3 is 2. The number of aryl methyl sites for hydroxylation is 1. The van der Waals surface area contributed by atoms with Crippen molar-refractivity contribution >= 4 is 16.3 Å². The minimum Gasteiger partial charge on any atom is -0.497 e. The molecule has 2 N–H and O–H groups in total. The van der Waals surface area contributed by atoms with Gasteiger partial charge in [-0.1, -0.05) is 0 Å². The maximum absolute atomic E-state index is 6.00. The van der Waals surface area contributed by atoms with E-state index in [0.29, 0.717) is 0 Å². The van der Waals surface area contributed by atoms with Crippen molar-refractivity contribution in [2.24, 2.45) is 0 Å². The third-order valence-corrected chi connectivity index (χ3v) is 3.46. The van der Waals surface area contributed by atoms with Gasteiger partial charge in [0.15, 0.2) is 0 Å². The zero-order chi connectivity index (χ0) is 12.4. The molecule has 0 fully saturated rings. The molecule has 1 aromatic heterocycles. The fraction of sp³-hybridized carbons (Fsp3) is 0.231. The number of hydrogen-bond donors (Lipinski definition) is 1. The van der Waals surface area contributed by atoms with Crippen LogP contribution in [0.25, 0.3) is 11.1 Å². The minimum absolute atomic E-state index is 0.772. The Morgan fingerprint density at radius 1 is 1.06 bits per heavy atom. The third-order valence-electron chi connectivity index (χ3n) is 2.58. The van der Waals surface area contributed by atoms with Gasteiger partial charge < -0.3 is 15.2 Å². The quantitative estimate of drug-likeness (QED) is 0.907. The van der Waals surface area contributed by atoms with Crippen LogP contribution in [0.4, 0.5) is 5.00 Å². The summed E-state index contributed by atoms with van der Waals surface area (Å²) >= 11 is 1.58. The molecular formula is C13H15NO2S. The first-order chi connectivity index (χ1) is 8.15. The molecule has 17 heavy (non-hydrogen) atoms. The van der Waals surface area contributed by atoms with Crippen molar-refractivity contribution in [1.29, 1.82) is 0 Å². The van der Waals surface area contributed by atoms with Gasteiger partial charge in [0.05, 0.1) is 19.2 Å². The topological polar surface area (TPSA) is 44.5 Å². The van der Waals surface area contributed by atoms with Crippen molar-refractivity contribution in [2.45, 2.75) is 6.92 Å². The maximum atomic E-state index is 6.00. The zero-order valence-electron chi connectivity index (χ0n) is 10.1. The fourth-order valence-electron chi connectivity index (χ4n) is 1.76. The van der Waals surface area contributed by atoms with E-state index in [1.807, 2.05) is 25.1 Å². The van der Waals surface area contributed by atoms with Crippen LogP contribution in [-0.4, -0.2) is 14.2 Å². The molecule has 0 spiro atoms. The summed E-state index contributed by atoms with van der Waals surface area (Å²) in [4.78, 5) is 1.19. The summed E-state index contributed by atoms with van der Waals surface area (Å²) in [6.45, 7) is 2.04. The molecule has 2 rings (SSSR count). The lowest BCUT2D eigenvalue weighted by atomic mass is 10.1. The Kier molecular flexibility index (Phi) is 3.24. The first-order valence-corrected chi connectivity index (χ1v) is 6.05. The van der Waals surface area contributed by atoms with E-state index in [2.05, 4.69) is 6.07 Å². The molecule has 3 nitrogen and oxygen atoms in total. The van der Waals surface area contributed by atoms with E-state index in [9.17, 15) is 0 Å². The summed E-state index contributed by atoms with van der Waals surface area (Å²) in [6.07, 6.45) is 0. The molecule has 0 aliphatic carbocycles. The van der Waals surface area contributed by atoms with E-state index in [1.54, 1.807) is 25.6 Å². The lowest BCUT2D eigenvalue weighted by Gasteiger charge is -2.09. The van der Waals surface area contributed by atoms with Gasteiger partial charge >= 0.3 is 0 Å². The Morgan fingerprint density at radius 3 is 2.35 bits per heavy atom. The average molecular weight is 249 g/mol. The van der Waals surface area contributed by atoms with Crippen LogP contribution in [0.3, 0.4) is 0 Å². The molecule has 0 amide bonds. The molecule has 0 bridgehead atoms. The number of hydrogen-bond acceptors (Lipinski definition) is 4. The Balaban J connectivity index is 2.55. The van der Waals surface area contributed by atoms with E-state index in [1.165, 1.54) is 4.88 Å². The molecular weight excluding hydrogens is 234 g/mol. The van der Waals surface area contributed by atoms with Crippen LogP contribution < -0.4 is 15.2 Å². The number of anilines is 1. The van der Waals surface area contributed by atoms with Gasteiger partial charge in [0.2, 0.25) is 0 Å². The van der Waals surface area contributed by atoms with Crippen molar-refractivity contribution in [1.82, 2.24) is 0 Å². The van der Waals surface area contributed by atoms with E-state index >= 15 is 0 Å². The summed E-state index contributed by atoms with van der Waals surface area (Å²) in [5.41, 5.74) is 8.02. The number of nitrogens with two attached hydrogens (primary N) is 1. The lowest BCUT2D eigenvalue weighted by Crippen LogP contribution is -1.91. The molecule has 1 heterocycles. The van der Waals surface area contributed by atoms with Gasteiger partial charge in [-0.25, -0.2) is 0 Å². The highest BCUT2D eigenvalue weighted by atomic mass is 32.1. The molecule has 2 aromatic rings. The van der Waals surface area contributed by atoms with E-state index in [-0.39, 0.29) is 0 Å². The monoisotopic (exact) mass is 249 g/mol. The summed E-state index contributed by atoms with van der Waals surface area (Å²) in [5, 5.41) is 0.811. The van der Waals surface area contributed by atoms with Crippen molar-refractivity contribution in [3.8, 4) is 22.6 Å². The van der Waals surface area contributed by atoms with Crippen LogP contribution >= 0.6 is 11.3 Å². The van der Waals surface area contributed by atoms with Crippen LogP contribution in [0.5, 0.6) is 11.5 Å². The van der Waals surface area contributed by atoms with Gasteiger partial charge in [-0.2, -0.15) is 0 Å². The van der Waals surface area contributed by atoms with E-state index in [4.69, 9.17) is 15.2 Å². The van der Waals surface area contributed by atoms with Gasteiger partial charge in [0.25, 0.3) is 0 Å². The molecule has 4 heteroatoms. The fourth-order valence-corrected chi connectivity index (χ4v) is 2.57. The normalized spacial score (nSPS) is 10.3. The number of ether oxygens (including phenoxy) is 2. The molecule has 0 aliphatic rings. The second kappa shape index (κ2) is 4.67. The number of benzene rings is 1. The Morgan fingerprint density at radius 2 is 1.82 bits per heavy atom. The van der Waals surface area contributed by atoms with Crippen LogP contribution in [0.15, 0.2) is 24.3 Å². The second-order valence-electron chi connectivity index (χ2n) is 3.70. The summed E-state index contributed by atoms with van der Waals surface area (Å²) in [7, 11) is 3.28. The minimum atomic E-state index is 0.772. The molecule has 0 unspecified atom stereocenters. The first kappa shape index (κ1) is 11.8. The second-order valence-corrected chi connectivity index (χ2v) is 4.99. The molecule has 0 radical (unpaired) electrons. The molecule has 0 saturated heterocycles. The Bertz CT molecular complexity index is 534. The van der Waals surface area contributed by atoms with Crippen molar-refractivity contribution in [3.63, 3.8) is 0 Å². The molecule has 1 aromatic carbocycles. The predicted octanol–water partition coefficient (Wildman–Crippen LogP) is 3.32. The molecule has 0 atom stereocenters. The van der Waals surface area contributed by atoms with Crippen LogP contribution in [0.1, 0.15) is 4.88 Å². The highest BCUT2D eigenvalue weighted by Crippen LogP contribution is 2.39. The SMILES string of the molecule is COc1ccc(-c2cc(C)sc2N)c(OC)c1. The van der Waals surface area contributed by atoms with Crippen LogP contribution in [0, 0.1) is 6.92 Å². The summed E-state index contributed by atoms with van der Waals surface area (Å²) in [6, 6.07) is 7.81. The van der Waals surface area contributed by atoms with Crippen molar-refractivity contribution in [2.75, 3.05) is 20.0 Å². The highest BCUT2D eigenvalue weighted by Gasteiger charge is 2.12. The number of thiophene rings is 1. The lowest BCUT2D eigenvalue weighted by molar-refractivity contribution is 0.395. The Labute approximate surface area is 105 Å². The summed E-state index contributed by atoms with van der Waals surface area (Å²) < 4.78 is 10.5.